The van der Waals surface area contributed by atoms with Crippen molar-refractivity contribution in [3.63, 3.8) is 0 Å². The molecule has 0 unspecified atom stereocenters. The maximum Gasteiger partial charge on any atom is 0.336 e. The number of rotatable bonds is 2. The third kappa shape index (κ3) is 2.17. The van der Waals surface area contributed by atoms with Crippen molar-refractivity contribution in [2.45, 2.75) is 20.3 Å². The average molecular weight is 294 g/mol. The van der Waals surface area contributed by atoms with Crippen molar-refractivity contribution in [2.24, 2.45) is 0 Å². The predicted octanol–water partition coefficient (Wildman–Crippen LogP) is 3.57. The number of fused-ring (bicyclic) bond motifs is 1. The van der Waals surface area contributed by atoms with Crippen LogP contribution in [0.15, 0.2) is 22.7 Å². The van der Waals surface area contributed by atoms with E-state index in [0.29, 0.717) is 10.9 Å². The zero-order valence-corrected chi connectivity index (χ0v) is 11.2. The molecule has 0 amide bonds. The number of carbonyl (C=O) groups is 1. The van der Waals surface area contributed by atoms with Crippen LogP contribution in [-0.4, -0.2) is 16.1 Å². The van der Waals surface area contributed by atoms with E-state index < -0.39 is 5.97 Å². The first-order valence-corrected chi connectivity index (χ1v) is 6.15. The number of aromatic carboxylic acids is 1. The summed E-state index contributed by atoms with van der Waals surface area (Å²) in [6, 6.07) is 5.40. The number of carboxylic acids is 1. The topological polar surface area (TPSA) is 50.2 Å². The maximum atomic E-state index is 11.2. The van der Waals surface area contributed by atoms with Gasteiger partial charge in [-0.3, -0.25) is 4.98 Å². The van der Waals surface area contributed by atoms with E-state index in [-0.39, 0.29) is 0 Å². The standard InChI is InChI=1S/C13H12BrNO2/c1-3-8-5-9(14)6-10-11(13(16)17)4-7(2)15-12(8)10/h4-6H,3H2,1-2H3,(H,16,17). The summed E-state index contributed by atoms with van der Waals surface area (Å²) in [6.07, 6.45) is 0.825. The summed E-state index contributed by atoms with van der Waals surface area (Å²) in [5.41, 5.74) is 2.88. The number of nitrogens with zero attached hydrogens (tertiary/aromatic N) is 1. The number of hydrogen-bond donors (Lipinski definition) is 1. The smallest absolute Gasteiger partial charge is 0.336 e. The molecule has 0 fully saturated rings. The highest BCUT2D eigenvalue weighted by atomic mass is 79.9. The highest BCUT2D eigenvalue weighted by Gasteiger charge is 2.13. The highest BCUT2D eigenvalue weighted by molar-refractivity contribution is 9.10. The van der Waals surface area contributed by atoms with Crippen molar-refractivity contribution in [1.29, 1.82) is 0 Å². The molecule has 0 aliphatic carbocycles. The molecule has 2 aromatic rings. The molecule has 0 atom stereocenters. The van der Waals surface area contributed by atoms with Gasteiger partial charge in [0.05, 0.1) is 11.1 Å². The molecule has 2 rings (SSSR count). The van der Waals surface area contributed by atoms with Crippen LogP contribution in [-0.2, 0) is 6.42 Å². The minimum Gasteiger partial charge on any atom is -0.478 e. The Morgan fingerprint density at radius 2 is 2.12 bits per heavy atom. The summed E-state index contributed by atoms with van der Waals surface area (Å²) in [7, 11) is 0. The highest BCUT2D eigenvalue weighted by Crippen LogP contribution is 2.26. The lowest BCUT2D eigenvalue weighted by atomic mass is 10.0. The number of halogens is 1. The van der Waals surface area contributed by atoms with Gasteiger partial charge in [0.2, 0.25) is 0 Å². The van der Waals surface area contributed by atoms with Crippen LogP contribution in [0.5, 0.6) is 0 Å². The second kappa shape index (κ2) is 4.45. The van der Waals surface area contributed by atoms with Gasteiger partial charge in [0.15, 0.2) is 0 Å². The predicted molar refractivity (Wildman–Crippen MR) is 70.5 cm³/mol. The average Bonchev–Trinajstić information content (AvgIpc) is 2.27. The molecule has 1 aromatic carbocycles. The number of hydrogen-bond acceptors (Lipinski definition) is 2. The molecule has 4 heteroatoms. The first kappa shape index (κ1) is 12.0. The lowest BCUT2D eigenvalue weighted by Crippen LogP contribution is -2.01. The number of aryl methyl sites for hydroxylation is 2. The minimum atomic E-state index is -0.916. The van der Waals surface area contributed by atoms with E-state index in [0.717, 1.165) is 27.7 Å². The molecule has 17 heavy (non-hydrogen) atoms. The van der Waals surface area contributed by atoms with Gasteiger partial charge in [-0.15, -0.1) is 0 Å². The quantitative estimate of drug-likeness (QED) is 0.921. The molecular weight excluding hydrogens is 282 g/mol. The fourth-order valence-corrected chi connectivity index (χ4v) is 2.44. The molecule has 0 spiro atoms. The zero-order chi connectivity index (χ0) is 12.6. The summed E-state index contributed by atoms with van der Waals surface area (Å²) in [4.78, 5) is 15.7. The molecule has 0 saturated carbocycles. The van der Waals surface area contributed by atoms with E-state index in [1.165, 1.54) is 0 Å². The van der Waals surface area contributed by atoms with Crippen molar-refractivity contribution < 1.29 is 9.90 Å². The number of benzene rings is 1. The fraction of sp³-hybridized carbons (Fsp3) is 0.231. The molecule has 88 valence electrons. The van der Waals surface area contributed by atoms with Crippen LogP contribution < -0.4 is 0 Å². The number of carboxylic acid groups (broad SMARTS) is 1. The molecule has 3 nitrogen and oxygen atoms in total. The maximum absolute atomic E-state index is 11.2. The molecule has 0 aliphatic heterocycles. The minimum absolute atomic E-state index is 0.309. The monoisotopic (exact) mass is 293 g/mol. The largest absolute Gasteiger partial charge is 0.478 e. The third-order valence-electron chi connectivity index (χ3n) is 2.70. The molecule has 0 saturated heterocycles. The molecule has 0 bridgehead atoms. The molecule has 0 radical (unpaired) electrons. The van der Waals surface area contributed by atoms with Crippen molar-refractivity contribution in [3.8, 4) is 0 Å². The Hall–Kier alpha value is -1.42. The summed E-state index contributed by atoms with van der Waals surface area (Å²) in [5.74, 6) is -0.916. The van der Waals surface area contributed by atoms with Gasteiger partial charge >= 0.3 is 5.97 Å². The van der Waals surface area contributed by atoms with Gasteiger partial charge in [0.1, 0.15) is 0 Å². The molecular formula is C13H12BrNO2. The van der Waals surface area contributed by atoms with Crippen molar-refractivity contribution >= 4 is 32.8 Å². The van der Waals surface area contributed by atoms with Crippen LogP contribution >= 0.6 is 15.9 Å². The van der Waals surface area contributed by atoms with Crippen LogP contribution in [0.2, 0.25) is 0 Å². The Kier molecular flexibility index (Phi) is 3.15. The number of pyridine rings is 1. The van der Waals surface area contributed by atoms with Crippen LogP contribution in [0.25, 0.3) is 10.9 Å². The van der Waals surface area contributed by atoms with Crippen LogP contribution in [0.3, 0.4) is 0 Å². The van der Waals surface area contributed by atoms with E-state index in [2.05, 4.69) is 20.9 Å². The fourth-order valence-electron chi connectivity index (χ4n) is 1.93. The van der Waals surface area contributed by atoms with Gasteiger partial charge in [0, 0.05) is 15.6 Å². The van der Waals surface area contributed by atoms with E-state index in [9.17, 15) is 9.90 Å². The van der Waals surface area contributed by atoms with Gasteiger partial charge in [-0.05, 0) is 37.1 Å². The van der Waals surface area contributed by atoms with E-state index in [1.807, 2.05) is 26.0 Å². The third-order valence-corrected chi connectivity index (χ3v) is 3.15. The lowest BCUT2D eigenvalue weighted by molar-refractivity contribution is 0.0699. The molecule has 1 N–H and O–H groups in total. The molecule has 1 aromatic heterocycles. The van der Waals surface area contributed by atoms with E-state index >= 15 is 0 Å². The first-order valence-electron chi connectivity index (χ1n) is 5.36. The van der Waals surface area contributed by atoms with E-state index in [1.54, 1.807) is 6.07 Å². The molecule has 0 aliphatic rings. The van der Waals surface area contributed by atoms with Gasteiger partial charge in [-0.1, -0.05) is 22.9 Å². The Labute approximate surface area is 108 Å². The number of aromatic nitrogens is 1. The summed E-state index contributed by atoms with van der Waals surface area (Å²) in [5, 5.41) is 9.91. The van der Waals surface area contributed by atoms with Crippen molar-refractivity contribution in [1.82, 2.24) is 4.98 Å². The van der Waals surface area contributed by atoms with Crippen molar-refractivity contribution in [2.75, 3.05) is 0 Å². The lowest BCUT2D eigenvalue weighted by Gasteiger charge is -2.09. The first-order chi connectivity index (χ1) is 8.02. The van der Waals surface area contributed by atoms with Crippen LogP contribution in [0.1, 0.15) is 28.5 Å². The van der Waals surface area contributed by atoms with Crippen molar-refractivity contribution in [3.05, 3.63) is 39.5 Å². The normalized spacial score (nSPS) is 10.8. The Bertz CT molecular complexity index is 608. The van der Waals surface area contributed by atoms with Crippen LogP contribution in [0.4, 0.5) is 0 Å². The van der Waals surface area contributed by atoms with Crippen LogP contribution in [0, 0.1) is 6.92 Å². The zero-order valence-electron chi connectivity index (χ0n) is 9.62. The Morgan fingerprint density at radius 1 is 1.41 bits per heavy atom. The molecule has 1 heterocycles. The SMILES string of the molecule is CCc1cc(Br)cc2c(C(=O)O)cc(C)nc12. The van der Waals surface area contributed by atoms with E-state index in [4.69, 9.17) is 0 Å². The second-order valence-electron chi connectivity index (χ2n) is 3.93. The van der Waals surface area contributed by atoms with Gasteiger partial charge in [-0.2, -0.15) is 0 Å². The van der Waals surface area contributed by atoms with Gasteiger partial charge in [0.25, 0.3) is 0 Å². The second-order valence-corrected chi connectivity index (χ2v) is 4.85. The Balaban J connectivity index is 2.93. The Morgan fingerprint density at radius 3 is 2.71 bits per heavy atom. The summed E-state index contributed by atoms with van der Waals surface area (Å²) in [6.45, 7) is 3.85. The van der Waals surface area contributed by atoms with Gasteiger partial charge < -0.3 is 5.11 Å². The summed E-state index contributed by atoms with van der Waals surface area (Å²) >= 11 is 3.41. The summed E-state index contributed by atoms with van der Waals surface area (Å²) < 4.78 is 0.884. The van der Waals surface area contributed by atoms with Gasteiger partial charge in [-0.25, -0.2) is 4.79 Å².